The molecule has 0 aliphatic carbocycles. The maximum atomic E-state index is 12.7. The first-order valence-corrected chi connectivity index (χ1v) is 9.00. The number of ether oxygens (including phenoxy) is 1. The zero-order chi connectivity index (χ0) is 18.5. The molecule has 6 nitrogen and oxygen atoms in total. The van der Waals surface area contributed by atoms with Gasteiger partial charge in [0.2, 0.25) is 5.91 Å². The largest absolute Gasteiger partial charge is 0.495 e. The van der Waals surface area contributed by atoms with Crippen LogP contribution in [-0.4, -0.2) is 55.1 Å². The Kier molecular flexibility index (Phi) is 5.96. The lowest BCUT2D eigenvalue weighted by Crippen LogP contribution is -2.53. The van der Waals surface area contributed by atoms with Gasteiger partial charge >= 0.3 is 0 Å². The van der Waals surface area contributed by atoms with Crippen LogP contribution < -0.4 is 15.0 Å². The summed E-state index contributed by atoms with van der Waals surface area (Å²) in [5.74, 6) is 1.50. The molecular formula is C19H23ClN4O2. The lowest BCUT2D eigenvalue weighted by molar-refractivity contribution is -0.120. The van der Waals surface area contributed by atoms with E-state index in [0.717, 1.165) is 32.0 Å². The summed E-state index contributed by atoms with van der Waals surface area (Å²) in [6.45, 7) is 5.21. The van der Waals surface area contributed by atoms with Gasteiger partial charge in [-0.3, -0.25) is 9.69 Å². The van der Waals surface area contributed by atoms with Crippen molar-refractivity contribution in [3.63, 3.8) is 0 Å². The highest BCUT2D eigenvalue weighted by Gasteiger charge is 2.26. The van der Waals surface area contributed by atoms with Crippen LogP contribution in [0.2, 0.25) is 5.02 Å². The van der Waals surface area contributed by atoms with Crippen LogP contribution >= 0.6 is 11.6 Å². The molecule has 138 valence electrons. The highest BCUT2D eigenvalue weighted by atomic mass is 35.5. The second-order valence-corrected chi connectivity index (χ2v) is 6.66. The first-order chi connectivity index (χ1) is 12.6. The summed E-state index contributed by atoms with van der Waals surface area (Å²) in [6.07, 6.45) is 1.80. The van der Waals surface area contributed by atoms with Gasteiger partial charge in [0.05, 0.1) is 18.8 Å². The molecule has 26 heavy (non-hydrogen) atoms. The number of nitrogens with zero attached hydrogens (tertiary/aromatic N) is 3. The van der Waals surface area contributed by atoms with E-state index in [2.05, 4.69) is 20.1 Å². The minimum Gasteiger partial charge on any atom is -0.495 e. The van der Waals surface area contributed by atoms with Crippen molar-refractivity contribution < 1.29 is 9.53 Å². The number of aromatic nitrogens is 1. The van der Waals surface area contributed by atoms with Crippen molar-refractivity contribution in [3.05, 3.63) is 47.6 Å². The molecule has 1 fully saturated rings. The first-order valence-electron chi connectivity index (χ1n) is 8.63. The molecule has 3 rings (SSSR count). The molecule has 1 aromatic carbocycles. The van der Waals surface area contributed by atoms with Gasteiger partial charge in [0, 0.05) is 37.4 Å². The van der Waals surface area contributed by atoms with Crippen LogP contribution in [0.1, 0.15) is 6.92 Å². The number of anilines is 2. The van der Waals surface area contributed by atoms with Crippen molar-refractivity contribution in [3.8, 4) is 5.75 Å². The number of methoxy groups -OCH3 is 1. The fourth-order valence-electron chi connectivity index (χ4n) is 3.06. The van der Waals surface area contributed by atoms with E-state index in [1.807, 2.05) is 25.1 Å². The summed E-state index contributed by atoms with van der Waals surface area (Å²) in [4.78, 5) is 21.5. The van der Waals surface area contributed by atoms with Gasteiger partial charge in [0.25, 0.3) is 0 Å². The zero-order valence-corrected chi connectivity index (χ0v) is 15.7. The predicted molar refractivity (Wildman–Crippen MR) is 104 cm³/mol. The van der Waals surface area contributed by atoms with Gasteiger partial charge in [-0.2, -0.15) is 0 Å². The minimum atomic E-state index is -0.246. The Hall–Kier alpha value is -2.31. The fourth-order valence-corrected chi connectivity index (χ4v) is 3.23. The number of rotatable bonds is 5. The number of nitrogens with one attached hydrogen (secondary N) is 1. The van der Waals surface area contributed by atoms with Gasteiger partial charge in [0.1, 0.15) is 11.6 Å². The number of benzene rings is 1. The Balaban J connectivity index is 1.59. The van der Waals surface area contributed by atoms with Crippen LogP contribution in [0, 0.1) is 0 Å². The third-order valence-electron chi connectivity index (χ3n) is 4.63. The summed E-state index contributed by atoms with van der Waals surface area (Å²) >= 11 is 6.03. The quantitative estimate of drug-likeness (QED) is 0.872. The molecular weight excluding hydrogens is 352 g/mol. The Morgan fingerprint density at radius 1 is 1.23 bits per heavy atom. The van der Waals surface area contributed by atoms with Crippen molar-refractivity contribution in [2.45, 2.75) is 13.0 Å². The Morgan fingerprint density at radius 3 is 2.65 bits per heavy atom. The van der Waals surface area contributed by atoms with E-state index in [9.17, 15) is 4.79 Å². The second-order valence-electron chi connectivity index (χ2n) is 6.22. The molecule has 1 aliphatic heterocycles. The molecule has 0 bridgehead atoms. The zero-order valence-electron chi connectivity index (χ0n) is 15.0. The summed E-state index contributed by atoms with van der Waals surface area (Å²) in [5, 5.41) is 3.48. The minimum absolute atomic E-state index is 0.0724. The summed E-state index contributed by atoms with van der Waals surface area (Å²) in [6, 6.07) is 10.8. The molecule has 1 saturated heterocycles. The smallest absolute Gasteiger partial charge is 0.241 e. The van der Waals surface area contributed by atoms with Crippen LogP contribution in [0.15, 0.2) is 42.6 Å². The normalized spacial score (nSPS) is 16.2. The number of pyridine rings is 1. The van der Waals surface area contributed by atoms with Crippen molar-refractivity contribution >= 4 is 29.0 Å². The summed E-state index contributed by atoms with van der Waals surface area (Å²) < 4.78 is 5.29. The molecule has 1 amide bonds. The highest BCUT2D eigenvalue weighted by Crippen LogP contribution is 2.28. The standard InChI is InChI=1S/C19H23ClN4O2/c1-14(19(25)22-16-13-15(20)6-7-17(16)26-2)23-9-11-24(12-10-23)18-5-3-4-8-21-18/h3-8,13-14H,9-12H2,1-2H3,(H,22,25)/t14-/m1/s1. The Morgan fingerprint density at radius 2 is 2.00 bits per heavy atom. The van der Waals surface area contributed by atoms with E-state index in [0.29, 0.717) is 16.5 Å². The molecule has 2 aromatic rings. The maximum absolute atomic E-state index is 12.7. The number of carbonyl (C=O) groups is 1. The lowest BCUT2D eigenvalue weighted by atomic mass is 10.2. The van der Waals surface area contributed by atoms with Crippen LogP contribution in [0.4, 0.5) is 11.5 Å². The average molecular weight is 375 g/mol. The summed E-state index contributed by atoms with van der Waals surface area (Å²) in [5.41, 5.74) is 0.587. The predicted octanol–water partition coefficient (Wildman–Crippen LogP) is 2.89. The molecule has 1 atom stereocenters. The van der Waals surface area contributed by atoms with Crippen molar-refractivity contribution in [2.24, 2.45) is 0 Å². The first kappa shape index (κ1) is 18.5. The van der Waals surface area contributed by atoms with Gasteiger partial charge in [-0.25, -0.2) is 4.98 Å². The Labute approximate surface area is 158 Å². The number of carbonyl (C=O) groups excluding carboxylic acids is 1. The second kappa shape index (κ2) is 8.38. The molecule has 0 unspecified atom stereocenters. The lowest BCUT2D eigenvalue weighted by Gasteiger charge is -2.38. The average Bonchev–Trinajstić information content (AvgIpc) is 2.68. The number of piperazine rings is 1. The summed E-state index contributed by atoms with van der Waals surface area (Å²) in [7, 11) is 1.57. The van der Waals surface area contributed by atoms with Crippen LogP contribution in [-0.2, 0) is 4.79 Å². The van der Waals surface area contributed by atoms with Crippen LogP contribution in [0.5, 0.6) is 5.75 Å². The van der Waals surface area contributed by atoms with E-state index in [4.69, 9.17) is 16.3 Å². The van der Waals surface area contributed by atoms with Gasteiger partial charge in [-0.05, 0) is 37.3 Å². The van der Waals surface area contributed by atoms with E-state index in [1.54, 1.807) is 31.5 Å². The van der Waals surface area contributed by atoms with Crippen LogP contribution in [0.3, 0.4) is 0 Å². The topological polar surface area (TPSA) is 57.7 Å². The number of amides is 1. The molecule has 0 spiro atoms. The number of halogens is 1. The van der Waals surface area contributed by atoms with Crippen molar-refractivity contribution in [1.82, 2.24) is 9.88 Å². The van der Waals surface area contributed by atoms with Crippen molar-refractivity contribution in [2.75, 3.05) is 43.5 Å². The van der Waals surface area contributed by atoms with Gasteiger partial charge in [-0.15, -0.1) is 0 Å². The number of hydrogen-bond acceptors (Lipinski definition) is 5. The number of hydrogen-bond donors (Lipinski definition) is 1. The third kappa shape index (κ3) is 4.26. The van der Waals surface area contributed by atoms with E-state index in [-0.39, 0.29) is 11.9 Å². The molecule has 0 saturated carbocycles. The van der Waals surface area contributed by atoms with Crippen molar-refractivity contribution in [1.29, 1.82) is 0 Å². The van der Waals surface area contributed by atoms with E-state index < -0.39 is 0 Å². The monoisotopic (exact) mass is 374 g/mol. The highest BCUT2D eigenvalue weighted by molar-refractivity contribution is 6.31. The van der Waals surface area contributed by atoms with Crippen LogP contribution in [0.25, 0.3) is 0 Å². The Bertz CT molecular complexity index is 748. The fraction of sp³-hybridized carbons (Fsp3) is 0.368. The van der Waals surface area contributed by atoms with E-state index >= 15 is 0 Å². The molecule has 1 aromatic heterocycles. The molecule has 1 aliphatic rings. The third-order valence-corrected chi connectivity index (χ3v) is 4.87. The SMILES string of the molecule is COc1ccc(Cl)cc1NC(=O)[C@@H](C)N1CCN(c2ccccn2)CC1. The van der Waals surface area contributed by atoms with Gasteiger partial charge in [0.15, 0.2) is 0 Å². The van der Waals surface area contributed by atoms with E-state index in [1.165, 1.54) is 0 Å². The maximum Gasteiger partial charge on any atom is 0.241 e. The molecule has 1 N–H and O–H groups in total. The molecule has 0 radical (unpaired) electrons. The molecule has 2 heterocycles. The van der Waals surface area contributed by atoms with Gasteiger partial charge in [-0.1, -0.05) is 17.7 Å². The molecule has 7 heteroatoms. The van der Waals surface area contributed by atoms with Gasteiger partial charge < -0.3 is 15.0 Å².